The van der Waals surface area contributed by atoms with Gasteiger partial charge < -0.3 is 10.2 Å². The molecule has 5 rings (SSSR count). The van der Waals surface area contributed by atoms with E-state index in [9.17, 15) is 18.0 Å². The molecule has 1 aliphatic carbocycles. The number of nitrogens with one attached hydrogen (secondary N) is 1. The molecule has 174 valence electrons. The number of aromatic nitrogens is 1. The molecule has 0 spiro atoms. The summed E-state index contributed by atoms with van der Waals surface area (Å²) in [4.78, 5) is 19.9. The van der Waals surface area contributed by atoms with Crippen LogP contribution in [-0.2, 0) is 6.42 Å². The van der Waals surface area contributed by atoms with Crippen LogP contribution in [0.25, 0.3) is 10.2 Å². The Morgan fingerprint density at radius 2 is 1.82 bits per heavy atom. The molecule has 1 N–H and O–H groups in total. The SMILES string of the molecule is Cc1nc2sc(C(=O)NCCc3cc(F)c(N4CC5CCC(C5)C4)cc3F)c(C)c2cc1F. The quantitative estimate of drug-likeness (QED) is 0.529. The molecule has 3 aromatic rings. The Labute approximate surface area is 194 Å². The fraction of sp³-hybridized carbons (Fsp3) is 0.440. The maximum atomic E-state index is 14.8. The number of benzene rings is 1. The lowest BCUT2D eigenvalue weighted by Crippen LogP contribution is -2.37. The van der Waals surface area contributed by atoms with E-state index in [0.29, 0.717) is 38.2 Å². The molecule has 0 radical (unpaired) electrons. The normalized spacial score (nSPS) is 20.0. The van der Waals surface area contributed by atoms with Crippen LogP contribution in [0.4, 0.5) is 18.9 Å². The third-order valence-corrected chi connectivity index (χ3v) is 8.21. The van der Waals surface area contributed by atoms with Gasteiger partial charge in [0.05, 0.1) is 16.3 Å². The van der Waals surface area contributed by atoms with Crippen LogP contribution in [0.5, 0.6) is 0 Å². The van der Waals surface area contributed by atoms with Crippen molar-refractivity contribution in [3.8, 4) is 0 Å². The zero-order valence-corrected chi connectivity index (χ0v) is 19.5. The molecule has 3 heterocycles. The summed E-state index contributed by atoms with van der Waals surface area (Å²) in [6, 6.07) is 3.96. The fourth-order valence-electron chi connectivity index (χ4n) is 5.22. The summed E-state index contributed by atoms with van der Waals surface area (Å²) >= 11 is 1.20. The number of amides is 1. The van der Waals surface area contributed by atoms with E-state index < -0.39 is 17.5 Å². The van der Waals surface area contributed by atoms with Gasteiger partial charge >= 0.3 is 0 Å². The number of hydrogen-bond acceptors (Lipinski definition) is 4. The van der Waals surface area contributed by atoms with Crippen LogP contribution in [-0.4, -0.2) is 30.5 Å². The average Bonchev–Trinajstić information content (AvgIpc) is 3.28. The second-order valence-corrected chi connectivity index (χ2v) is 10.3. The van der Waals surface area contributed by atoms with E-state index in [-0.39, 0.29) is 30.1 Å². The number of pyridine rings is 1. The fourth-order valence-corrected chi connectivity index (χ4v) is 6.35. The lowest BCUT2D eigenvalue weighted by molar-refractivity contribution is 0.0957. The molecule has 2 atom stereocenters. The minimum atomic E-state index is -0.452. The van der Waals surface area contributed by atoms with E-state index in [4.69, 9.17) is 0 Å². The molecular weight excluding hydrogens is 447 g/mol. The maximum absolute atomic E-state index is 14.8. The van der Waals surface area contributed by atoms with Gasteiger partial charge in [-0.2, -0.15) is 0 Å². The van der Waals surface area contributed by atoms with Crippen molar-refractivity contribution < 1.29 is 18.0 Å². The van der Waals surface area contributed by atoms with Gasteiger partial charge in [-0.3, -0.25) is 4.79 Å². The highest BCUT2D eigenvalue weighted by atomic mass is 32.1. The number of carbonyl (C=O) groups is 1. The van der Waals surface area contributed by atoms with Crippen molar-refractivity contribution in [3.63, 3.8) is 0 Å². The first kappa shape index (κ1) is 22.2. The van der Waals surface area contributed by atoms with Crippen molar-refractivity contribution in [1.29, 1.82) is 0 Å². The van der Waals surface area contributed by atoms with Gasteiger partial charge in [0.2, 0.25) is 0 Å². The van der Waals surface area contributed by atoms with Crippen molar-refractivity contribution in [1.82, 2.24) is 10.3 Å². The monoisotopic (exact) mass is 473 g/mol. The van der Waals surface area contributed by atoms with Crippen LogP contribution >= 0.6 is 11.3 Å². The number of hydrogen-bond donors (Lipinski definition) is 1. The van der Waals surface area contributed by atoms with Crippen LogP contribution < -0.4 is 10.2 Å². The summed E-state index contributed by atoms with van der Waals surface area (Å²) in [6.45, 7) is 5.07. The predicted molar refractivity (Wildman–Crippen MR) is 124 cm³/mol. The summed E-state index contributed by atoms with van der Waals surface area (Å²) < 4.78 is 43.5. The molecule has 1 saturated heterocycles. The number of carbonyl (C=O) groups excluding carboxylic acids is 1. The smallest absolute Gasteiger partial charge is 0.261 e. The van der Waals surface area contributed by atoms with Gasteiger partial charge in [0.1, 0.15) is 22.3 Å². The highest BCUT2D eigenvalue weighted by Gasteiger charge is 2.34. The Morgan fingerprint density at radius 1 is 1.09 bits per heavy atom. The van der Waals surface area contributed by atoms with Gasteiger partial charge in [-0.1, -0.05) is 0 Å². The van der Waals surface area contributed by atoms with E-state index in [1.165, 1.54) is 48.8 Å². The number of piperidine rings is 1. The van der Waals surface area contributed by atoms with Crippen molar-refractivity contribution in [2.24, 2.45) is 11.8 Å². The molecule has 33 heavy (non-hydrogen) atoms. The van der Waals surface area contributed by atoms with E-state index in [2.05, 4.69) is 10.3 Å². The van der Waals surface area contributed by atoms with Gasteiger partial charge in [-0.15, -0.1) is 11.3 Å². The van der Waals surface area contributed by atoms with Crippen molar-refractivity contribution in [3.05, 3.63) is 57.3 Å². The Hall–Kier alpha value is -2.61. The van der Waals surface area contributed by atoms with Gasteiger partial charge in [0.15, 0.2) is 0 Å². The molecule has 2 unspecified atom stereocenters. The Bertz CT molecular complexity index is 1230. The number of aryl methyl sites for hydroxylation is 2. The molecular formula is C25H26F3N3OS. The molecule has 1 aromatic carbocycles. The standard InChI is InChI=1S/C25H26F3N3OS/c1-13-18-9-19(26)14(2)30-25(18)33-23(13)24(32)29-6-5-17-8-21(28)22(10-20(17)27)31-11-15-3-4-16(7-15)12-31/h8-10,15-16H,3-7,11-12H2,1-2H3,(H,29,32). The third-order valence-electron chi connectivity index (χ3n) is 7.01. The Morgan fingerprint density at radius 3 is 2.55 bits per heavy atom. The molecule has 1 saturated carbocycles. The van der Waals surface area contributed by atoms with Crippen molar-refractivity contribution in [2.75, 3.05) is 24.5 Å². The molecule has 2 fully saturated rings. The number of nitrogens with zero attached hydrogens (tertiary/aromatic N) is 2. The van der Waals surface area contributed by atoms with Crippen LogP contribution in [0.1, 0.15) is 45.8 Å². The number of rotatable bonds is 5. The average molecular weight is 474 g/mol. The third kappa shape index (κ3) is 4.21. The molecule has 1 amide bonds. The largest absolute Gasteiger partial charge is 0.369 e. The van der Waals surface area contributed by atoms with Gasteiger partial charge in [0.25, 0.3) is 5.91 Å². The highest BCUT2D eigenvalue weighted by molar-refractivity contribution is 7.20. The first-order chi connectivity index (χ1) is 15.8. The lowest BCUT2D eigenvalue weighted by atomic mass is 9.98. The summed E-state index contributed by atoms with van der Waals surface area (Å²) in [5.74, 6) is -0.443. The Kier molecular flexibility index (Phi) is 5.80. The van der Waals surface area contributed by atoms with Crippen LogP contribution in [0, 0.1) is 43.1 Å². The van der Waals surface area contributed by atoms with Crippen LogP contribution in [0.3, 0.4) is 0 Å². The molecule has 1 aliphatic heterocycles. The summed E-state index contributed by atoms with van der Waals surface area (Å²) in [5.41, 5.74) is 1.53. The topological polar surface area (TPSA) is 45.2 Å². The summed E-state index contributed by atoms with van der Waals surface area (Å²) in [7, 11) is 0. The number of halogens is 3. The maximum Gasteiger partial charge on any atom is 0.261 e. The predicted octanol–water partition coefficient (Wildman–Crippen LogP) is 5.54. The van der Waals surface area contributed by atoms with Crippen molar-refractivity contribution in [2.45, 2.75) is 39.5 Å². The summed E-state index contributed by atoms with van der Waals surface area (Å²) in [5, 5.41) is 3.39. The van der Waals surface area contributed by atoms with Crippen LogP contribution in [0.2, 0.25) is 0 Å². The van der Waals surface area contributed by atoms with E-state index >= 15 is 0 Å². The second-order valence-electron chi connectivity index (χ2n) is 9.32. The molecule has 2 aromatic heterocycles. The zero-order chi connectivity index (χ0) is 23.3. The second kappa shape index (κ2) is 8.63. The Balaban J connectivity index is 1.25. The minimum Gasteiger partial charge on any atom is -0.369 e. The van der Waals surface area contributed by atoms with E-state index in [1.54, 1.807) is 13.8 Å². The minimum absolute atomic E-state index is 0.164. The molecule has 2 bridgehead atoms. The molecule has 4 nitrogen and oxygen atoms in total. The van der Waals surface area contributed by atoms with Gasteiger partial charge in [0, 0.05) is 31.1 Å². The van der Waals surface area contributed by atoms with Crippen LogP contribution in [0.15, 0.2) is 18.2 Å². The summed E-state index contributed by atoms with van der Waals surface area (Å²) in [6.07, 6.45) is 3.72. The first-order valence-corrected chi connectivity index (χ1v) is 12.2. The van der Waals surface area contributed by atoms with Gasteiger partial charge in [-0.05, 0) is 74.6 Å². The van der Waals surface area contributed by atoms with E-state index in [1.807, 2.05) is 4.90 Å². The van der Waals surface area contributed by atoms with Crippen molar-refractivity contribution >= 4 is 33.1 Å². The van der Waals surface area contributed by atoms with Gasteiger partial charge in [-0.25, -0.2) is 18.2 Å². The molecule has 2 aliphatic rings. The number of fused-ring (bicyclic) bond motifs is 3. The zero-order valence-electron chi connectivity index (χ0n) is 18.7. The number of thiophene rings is 1. The highest BCUT2D eigenvalue weighted by Crippen LogP contribution is 2.39. The first-order valence-electron chi connectivity index (χ1n) is 11.4. The molecule has 8 heteroatoms. The lowest BCUT2D eigenvalue weighted by Gasteiger charge is -2.34. The van der Waals surface area contributed by atoms with E-state index in [0.717, 1.165) is 13.1 Å². The number of anilines is 1.